The Morgan fingerprint density at radius 3 is 2.18 bits per heavy atom. The number of para-hydroxylation sites is 1. The summed E-state index contributed by atoms with van der Waals surface area (Å²) in [7, 11) is -2.25. The first-order valence-corrected chi connectivity index (χ1v) is 14.5. The quantitative estimate of drug-likeness (QED) is 0.207. The molecule has 39 heavy (non-hydrogen) atoms. The van der Waals surface area contributed by atoms with E-state index in [1.54, 1.807) is 61.5 Å². The number of methoxy groups -OCH3 is 1. The second-order valence-corrected chi connectivity index (χ2v) is 11.5. The molecule has 0 bridgehead atoms. The van der Waals surface area contributed by atoms with Crippen LogP contribution in [0.4, 0.5) is 11.4 Å². The highest BCUT2D eigenvalue weighted by Crippen LogP contribution is 2.33. The van der Waals surface area contributed by atoms with E-state index in [9.17, 15) is 13.2 Å². The van der Waals surface area contributed by atoms with Gasteiger partial charge < -0.3 is 14.8 Å². The smallest absolute Gasteiger partial charge is 0.265 e. The predicted octanol–water partition coefficient (Wildman–Crippen LogP) is 7.17. The molecule has 0 atom stereocenters. The van der Waals surface area contributed by atoms with Crippen molar-refractivity contribution in [1.29, 1.82) is 0 Å². The number of nitrogens with zero attached hydrogens (tertiary/aromatic N) is 1. The summed E-state index contributed by atoms with van der Waals surface area (Å²) in [6.45, 7) is 2.04. The fraction of sp³-hybridized carbons (Fsp3) is 0.100. The first-order valence-electron chi connectivity index (χ1n) is 12.2. The van der Waals surface area contributed by atoms with Gasteiger partial charge in [0.15, 0.2) is 0 Å². The van der Waals surface area contributed by atoms with E-state index in [1.807, 2.05) is 36.4 Å². The number of carbonyl (C=O) groups is 1. The van der Waals surface area contributed by atoms with E-state index in [4.69, 9.17) is 9.47 Å². The van der Waals surface area contributed by atoms with Crippen molar-refractivity contribution < 1.29 is 22.7 Å². The summed E-state index contributed by atoms with van der Waals surface area (Å²) in [5, 5.41) is 3.70. The monoisotopic (exact) mass is 558 g/mol. The van der Waals surface area contributed by atoms with E-state index >= 15 is 0 Å². The molecule has 7 nitrogen and oxygen atoms in total. The number of carbonyl (C=O) groups excluding carboxylic acids is 1. The Balaban J connectivity index is 1.32. The molecule has 0 saturated heterocycles. The molecular formula is C30H26N2O5S2. The molecule has 4 aromatic carbocycles. The normalized spacial score (nSPS) is 11.2. The van der Waals surface area contributed by atoms with Crippen LogP contribution in [0.15, 0.2) is 108 Å². The minimum absolute atomic E-state index is 0.177. The van der Waals surface area contributed by atoms with Crippen LogP contribution in [0, 0.1) is 0 Å². The van der Waals surface area contributed by atoms with Gasteiger partial charge in [-0.1, -0.05) is 18.2 Å². The fourth-order valence-corrected chi connectivity index (χ4v) is 6.49. The van der Waals surface area contributed by atoms with E-state index < -0.39 is 10.0 Å². The highest BCUT2D eigenvalue weighted by atomic mass is 32.2. The predicted molar refractivity (Wildman–Crippen MR) is 156 cm³/mol. The van der Waals surface area contributed by atoms with Crippen molar-refractivity contribution >= 4 is 48.7 Å². The minimum atomic E-state index is -3.78. The maximum Gasteiger partial charge on any atom is 0.265 e. The Hall–Kier alpha value is -4.34. The van der Waals surface area contributed by atoms with Crippen molar-refractivity contribution in [3.63, 3.8) is 0 Å². The molecule has 1 heterocycles. The van der Waals surface area contributed by atoms with Gasteiger partial charge in [0.1, 0.15) is 17.2 Å². The summed E-state index contributed by atoms with van der Waals surface area (Å²) in [6, 6.07) is 30.1. The van der Waals surface area contributed by atoms with Crippen molar-refractivity contribution in [2.75, 3.05) is 23.3 Å². The number of nitrogens with one attached hydrogen (secondary N) is 1. The summed E-state index contributed by atoms with van der Waals surface area (Å²) in [4.78, 5) is 13.7. The minimum Gasteiger partial charge on any atom is -0.497 e. The van der Waals surface area contributed by atoms with Crippen molar-refractivity contribution in [2.24, 2.45) is 0 Å². The lowest BCUT2D eigenvalue weighted by Crippen LogP contribution is -2.30. The number of amides is 1. The molecule has 9 heteroatoms. The van der Waals surface area contributed by atoms with Gasteiger partial charge in [-0.15, -0.1) is 11.3 Å². The van der Waals surface area contributed by atoms with Crippen molar-refractivity contribution in [3.8, 4) is 17.2 Å². The van der Waals surface area contributed by atoms with Crippen LogP contribution in [0.3, 0.4) is 0 Å². The van der Waals surface area contributed by atoms with Crippen molar-refractivity contribution in [3.05, 3.63) is 108 Å². The number of sulfonamides is 1. The van der Waals surface area contributed by atoms with Crippen molar-refractivity contribution in [1.82, 2.24) is 0 Å². The first-order chi connectivity index (χ1) is 18.9. The van der Waals surface area contributed by atoms with E-state index in [2.05, 4.69) is 5.32 Å². The fourth-order valence-electron chi connectivity index (χ4n) is 4.09. The van der Waals surface area contributed by atoms with Crippen molar-refractivity contribution in [2.45, 2.75) is 11.8 Å². The van der Waals surface area contributed by atoms with Crippen LogP contribution in [0.25, 0.3) is 10.1 Å². The summed E-state index contributed by atoms with van der Waals surface area (Å²) in [5.41, 5.74) is 1.17. The zero-order valence-corrected chi connectivity index (χ0v) is 23.0. The molecule has 198 valence electrons. The maximum atomic E-state index is 13.4. The van der Waals surface area contributed by atoms with Crippen LogP contribution >= 0.6 is 11.3 Å². The summed E-state index contributed by atoms with van der Waals surface area (Å²) < 4.78 is 39.9. The number of rotatable bonds is 9. The first kappa shape index (κ1) is 26.3. The van der Waals surface area contributed by atoms with Gasteiger partial charge in [0.25, 0.3) is 15.9 Å². The summed E-state index contributed by atoms with van der Waals surface area (Å²) in [6.07, 6.45) is 0. The average Bonchev–Trinajstić information content (AvgIpc) is 3.39. The molecule has 5 rings (SSSR count). The van der Waals surface area contributed by atoms with Crippen LogP contribution in [0.5, 0.6) is 17.2 Å². The van der Waals surface area contributed by atoms with Crippen LogP contribution in [-0.4, -0.2) is 28.0 Å². The van der Waals surface area contributed by atoms with E-state index in [1.165, 1.54) is 34.9 Å². The molecule has 0 aliphatic carbocycles. The molecule has 0 aliphatic heterocycles. The average molecular weight is 559 g/mol. The van der Waals surface area contributed by atoms with Crippen LogP contribution in [0.2, 0.25) is 0 Å². The Kier molecular flexibility index (Phi) is 7.53. The van der Waals surface area contributed by atoms with Gasteiger partial charge in [-0.3, -0.25) is 9.10 Å². The lowest BCUT2D eigenvalue weighted by atomic mass is 10.2. The summed E-state index contributed by atoms with van der Waals surface area (Å²) in [5.74, 6) is 1.74. The molecule has 0 unspecified atom stereocenters. The van der Waals surface area contributed by atoms with E-state index in [-0.39, 0.29) is 17.3 Å². The number of ether oxygens (including phenoxy) is 2. The standard InChI is InChI=1S/C30H26N2O5S2/c1-3-32(39(34,35)27-16-14-24(36-2)15-17-27)23-11-18-28-21(19-23)20-29(38-28)30(33)31-22-9-12-26(13-10-22)37-25-7-5-4-6-8-25/h4-20H,3H2,1-2H3,(H,31,33). The van der Waals surface area contributed by atoms with Crippen LogP contribution < -0.4 is 19.1 Å². The Morgan fingerprint density at radius 2 is 1.51 bits per heavy atom. The molecule has 0 saturated carbocycles. The molecule has 1 N–H and O–H groups in total. The molecule has 5 aromatic rings. The van der Waals surface area contributed by atoms with Gasteiger partial charge in [-0.05, 0) is 97.2 Å². The Bertz CT molecular complexity index is 1700. The third-order valence-corrected chi connectivity index (χ3v) is 9.07. The molecule has 1 aromatic heterocycles. The Morgan fingerprint density at radius 1 is 0.846 bits per heavy atom. The molecular weight excluding hydrogens is 532 g/mol. The lowest BCUT2D eigenvalue weighted by Gasteiger charge is -2.23. The van der Waals surface area contributed by atoms with Gasteiger partial charge in [0.05, 0.1) is 22.6 Å². The molecule has 0 radical (unpaired) electrons. The van der Waals surface area contributed by atoms with Gasteiger partial charge in [0.2, 0.25) is 0 Å². The van der Waals surface area contributed by atoms with E-state index in [0.29, 0.717) is 27.8 Å². The maximum absolute atomic E-state index is 13.4. The SMILES string of the molecule is CCN(c1ccc2sc(C(=O)Nc3ccc(Oc4ccccc4)cc3)cc2c1)S(=O)(=O)c1ccc(OC)cc1. The van der Waals surface area contributed by atoms with Gasteiger partial charge in [-0.2, -0.15) is 0 Å². The highest BCUT2D eigenvalue weighted by Gasteiger charge is 2.24. The Labute approximate surface area is 231 Å². The van der Waals surface area contributed by atoms with Crippen LogP contribution in [-0.2, 0) is 10.0 Å². The molecule has 0 spiro atoms. The zero-order chi connectivity index (χ0) is 27.4. The summed E-state index contributed by atoms with van der Waals surface area (Å²) >= 11 is 1.35. The highest BCUT2D eigenvalue weighted by molar-refractivity contribution is 7.92. The third-order valence-electron chi connectivity index (χ3n) is 6.04. The van der Waals surface area contributed by atoms with Gasteiger partial charge in [-0.25, -0.2) is 8.42 Å². The molecule has 0 fully saturated rings. The number of anilines is 2. The number of thiophene rings is 1. The van der Waals surface area contributed by atoms with Crippen LogP contribution in [0.1, 0.15) is 16.6 Å². The number of fused-ring (bicyclic) bond motifs is 1. The lowest BCUT2D eigenvalue weighted by molar-refractivity contribution is 0.103. The second-order valence-electron chi connectivity index (χ2n) is 8.57. The second kappa shape index (κ2) is 11.2. The topological polar surface area (TPSA) is 84.9 Å². The molecule has 0 aliphatic rings. The third kappa shape index (κ3) is 5.74. The zero-order valence-electron chi connectivity index (χ0n) is 21.3. The number of hydrogen-bond acceptors (Lipinski definition) is 6. The van der Waals surface area contributed by atoms with Gasteiger partial charge >= 0.3 is 0 Å². The van der Waals surface area contributed by atoms with E-state index in [0.717, 1.165) is 15.8 Å². The molecule has 1 amide bonds. The number of benzene rings is 4. The number of hydrogen-bond donors (Lipinski definition) is 1. The largest absolute Gasteiger partial charge is 0.497 e. The van der Waals surface area contributed by atoms with Gasteiger partial charge in [0, 0.05) is 16.9 Å².